The summed E-state index contributed by atoms with van der Waals surface area (Å²) in [5, 5.41) is 12.4. The summed E-state index contributed by atoms with van der Waals surface area (Å²) in [4.78, 5) is 24.3. The molecular weight excluding hydrogens is 286 g/mol. The molecule has 1 fully saturated rings. The summed E-state index contributed by atoms with van der Waals surface area (Å²) in [6.07, 6.45) is 2.08. The fourth-order valence-corrected chi connectivity index (χ4v) is 3.11. The van der Waals surface area contributed by atoms with Crippen molar-refractivity contribution in [3.8, 4) is 0 Å². The van der Waals surface area contributed by atoms with E-state index in [0.29, 0.717) is 24.4 Å². The summed E-state index contributed by atoms with van der Waals surface area (Å²) in [7, 11) is 0. The Morgan fingerprint density at radius 2 is 2.14 bits per heavy atom. The average Bonchev–Trinajstić information content (AvgIpc) is 2.93. The zero-order valence-electron chi connectivity index (χ0n) is 13.4. The number of carbonyl (C=O) groups is 2. The fourth-order valence-electron chi connectivity index (χ4n) is 3.11. The molecule has 2 atom stereocenters. The Morgan fingerprint density at radius 3 is 2.64 bits per heavy atom. The van der Waals surface area contributed by atoms with E-state index in [1.165, 1.54) is 6.26 Å². The largest absolute Gasteiger partial charge is 0.479 e. The molecule has 1 aliphatic carbocycles. The van der Waals surface area contributed by atoms with Crippen LogP contribution in [0, 0.1) is 5.41 Å². The number of hydrogen-bond donors (Lipinski definition) is 2. The van der Waals surface area contributed by atoms with Gasteiger partial charge >= 0.3 is 5.97 Å². The highest BCUT2D eigenvalue weighted by atomic mass is 16.5. The van der Waals surface area contributed by atoms with E-state index in [-0.39, 0.29) is 12.5 Å². The van der Waals surface area contributed by atoms with Gasteiger partial charge in [0, 0.05) is 24.9 Å². The van der Waals surface area contributed by atoms with Crippen molar-refractivity contribution >= 4 is 11.9 Å². The maximum Gasteiger partial charge on any atom is 0.330 e. The van der Waals surface area contributed by atoms with Gasteiger partial charge in [-0.2, -0.15) is 0 Å². The molecule has 0 spiro atoms. The smallest absolute Gasteiger partial charge is 0.330 e. The second kappa shape index (κ2) is 5.76. The minimum atomic E-state index is -1.33. The first kappa shape index (κ1) is 16.5. The lowest BCUT2D eigenvalue weighted by Gasteiger charge is -2.58. The van der Waals surface area contributed by atoms with E-state index in [4.69, 9.17) is 9.15 Å². The van der Waals surface area contributed by atoms with Crippen molar-refractivity contribution in [2.24, 2.45) is 5.41 Å². The van der Waals surface area contributed by atoms with E-state index >= 15 is 0 Å². The third-order valence-corrected chi connectivity index (χ3v) is 4.77. The Labute approximate surface area is 129 Å². The van der Waals surface area contributed by atoms with Gasteiger partial charge in [0.2, 0.25) is 0 Å². The Hall–Kier alpha value is -1.82. The maximum absolute atomic E-state index is 12.5. The molecule has 0 saturated heterocycles. The van der Waals surface area contributed by atoms with E-state index < -0.39 is 22.8 Å². The Balaban J connectivity index is 2.24. The van der Waals surface area contributed by atoms with Crippen LogP contribution >= 0.6 is 0 Å². The van der Waals surface area contributed by atoms with Crippen molar-refractivity contribution in [3.05, 3.63) is 23.7 Å². The highest BCUT2D eigenvalue weighted by Crippen LogP contribution is 2.51. The third-order valence-electron chi connectivity index (χ3n) is 4.77. The van der Waals surface area contributed by atoms with Crippen LogP contribution in [0.4, 0.5) is 0 Å². The first-order valence-corrected chi connectivity index (χ1v) is 7.54. The number of carboxylic acids is 1. The predicted molar refractivity (Wildman–Crippen MR) is 79.7 cm³/mol. The van der Waals surface area contributed by atoms with Crippen LogP contribution in [-0.4, -0.2) is 35.2 Å². The number of amides is 1. The number of carboxylic acid groups (broad SMARTS) is 1. The van der Waals surface area contributed by atoms with Crippen molar-refractivity contribution in [2.75, 3.05) is 6.61 Å². The maximum atomic E-state index is 12.5. The van der Waals surface area contributed by atoms with Gasteiger partial charge in [0.05, 0.1) is 17.9 Å². The standard InChI is InChI=1S/C16H23NO5/c1-5-11-10(7-8-22-11)13(18)17-16(14(19)20)9-12(21-6-2)15(16,3)4/h7-8,12H,5-6,9H2,1-4H3,(H,17,18)(H,19,20)/t12-,16+/m0/s1. The lowest BCUT2D eigenvalue weighted by molar-refractivity contribution is -0.190. The van der Waals surface area contributed by atoms with Gasteiger partial charge in [0.1, 0.15) is 11.3 Å². The van der Waals surface area contributed by atoms with Gasteiger partial charge in [-0.15, -0.1) is 0 Å². The average molecular weight is 309 g/mol. The minimum absolute atomic E-state index is 0.191. The van der Waals surface area contributed by atoms with Crippen LogP contribution in [0.3, 0.4) is 0 Å². The molecule has 6 nitrogen and oxygen atoms in total. The number of furan rings is 1. The molecule has 0 unspecified atom stereocenters. The molecule has 1 amide bonds. The van der Waals surface area contributed by atoms with Crippen LogP contribution in [0.5, 0.6) is 0 Å². The minimum Gasteiger partial charge on any atom is -0.479 e. The lowest BCUT2D eigenvalue weighted by atomic mass is 9.54. The molecule has 122 valence electrons. The SMILES string of the molecule is CCO[C@H]1C[C@@](NC(=O)c2ccoc2CC)(C(=O)O)C1(C)C. The molecule has 6 heteroatoms. The molecule has 0 bridgehead atoms. The lowest BCUT2D eigenvalue weighted by Crippen LogP contribution is -2.76. The van der Waals surface area contributed by atoms with E-state index in [1.54, 1.807) is 19.9 Å². The second-order valence-corrected chi connectivity index (χ2v) is 6.15. The Morgan fingerprint density at radius 1 is 1.45 bits per heavy atom. The Kier molecular flexibility index (Phi) is 4.33. The van der Waals surface area contributed by atoms with Crippen molar-refractivity contribution in [2.45, 2.75) is 52.2 Å². The third kappa shape index (κ3) is 2.31. The van der Waals surface area contributed by atoms with Crippen LogP contribution in [0.2, 0.25) is 0 Å². The first-order chi connectivity index (χ1) is 10.3. The van der Waals surface area contributed by atoms with Crippen molar-refractivity contribution in [1.82, 2.24) is 5.32 Å². The zero-order chi connectivity index (χ0) is 16.5. The molecule has 22 heavy (non-hydrogen) atoms. The van der Waals surface area contributed by atoms with Crippen LogP contribution in [0.15, 0.2) is 16.7 Å². The van der Waals surface area contributed by atoms with E-state index in [0.717, 1.165) is 0 Å². The quantitative estimate of drug-likeness (QED) is 0.841. The number of aliphatic carboxylic acids is 1. The normalized spacial score (nSPS) is 26.3. The molecule has 1 aliphatic rings. The van der Waals surface area contributed by atoms with E-state index in [2.05, 4.69) is 5.32 Å². The van der Waals surface area contributed by atoms with Gasteiger partial charge in [-0.1, -0.05) is 20.8 Å². The number of rotatable bonds is 6. The van der Waals surface area contributed by atoms with E-state index in [1.807, 2.05) is 13.8 Å². The number of ether oxygens (including phenoxy) is 1. The number of carbonyl (C=O) groups excluding carboxylic acids is 1. The van der Waals surface area contributed by atoms with E-state index in [9.17, 15) is 14.7 Å². The number of nitrogens with one attached hydrogen (secondary N) is 1. The molecule has 1 aromatic heterocycles. The highest BCUT2D eigenvalue weighted by molar-refractivity contribution is 5.99. The zero-order valence-corrected chi connectivity index (χ0v) is 13.4. The van der Waals surface area contributed by atoms with Crippen LogP contribution in [0.25, 0.3) is 0 Å². The van der Waals surface area contributed by atoms with Gasteiger partial charge in [0.15, 0.2) is 0 Å². The molecule has 0 radical (unpaired) electrons. The van der Waals surface area contributed by atoms with Gasteiger partial charge in [0.25, 0.3) is 5.91 Å². The summed E-state index contributed by atoms with van der Waals surface area (Å²) in [5.74, 6) is -0.907. The van der Waals surface area contributed by atoms with Crippen molar-refractivity contribution < 1.29 is 23.8 Å². The van der Waals surface area contributed by atoms with Crippen molar-refractivity contribution in [1.29, 1.82) is 0 Å². The van der Waals surface area contributed by atoms with Gasteiger partial charge in [-0.05, 0) is 13.0 Å². The van der Waals surface area contributed by atoms with Crippen LogP contribution in [-0.2, 0) is 16.0 Å². The summed E-state index contributed by atoms with van der Waals surface area (Å²) in [5.41, 5.74) is -1.63. The molecule has 0 aliphatic heterocycles. The van der Waals surface area contributed by atoms with Gasteiger partial charge in [-0.25, -0.2) is 4.79 Å². The van der Waals surface area contributed by atoms with Crippen LogP contribution in [0.1, 0.15) is 50.2 Å². The molecule has 1 aromatic rings. The first-order valence-electron chi connectivity index (χ1n) is 7.54. The molecule has 2 N–H and O–H groups in total. The molecule has 1 saturated carbocycles. The monoisotopic (exact) mass is 309 g/mol. The number of hydrogen-bond acceptors (Lipinski definition) is 4. The van der Waals surface area contributed by atoms with Gasteiger partial charge in [-0.3, -0.25) is 4.79 Å². The molecular formula is C16H23NO5. The fraction of sp³-hybridized carbons (Fsp3) is 0.625. The summed E-state index contributed by atoms with van der Waals surface area (Å²) in [6, 6.07) is 1.56. The summed E-state index contributed by atoms with van der Waals surface area (Å²) < 4.78 is 10.8. The molecule has 2 rings (SSSR count). The summed E-state index contributed by atoms with van der Waals surface area (Å²) >= 11 is 0. The topological polar surface area (TPSA) is 88.8 Å². The van der Waals surface area contributed by atoms with Gasteiger partial charge < -0.3 is 19.6 Å². The number of aryl methyl sites for hydroxylation is 1. The highest BCUT2D eigenvalue weighted by Gasteiger charge is 2.66. The predicted octanol–water partition coefficient (Wildman–Crippen LogP) is 2.23. The summed E-state index contributed by atoms with van der Waals surface area (Å²) in [6.45, 7) is 7.87. The second-order valence-electron chi connectivity index (χ2n) is 6.15. The molecule has 0 aromatic carbocycles. The molecule has 1 heterocycles. The van der Waals surface area contributed by atoms with Crippen molar-refractivity contribution in [3.63, 3.8) is 0 Å². The Bertz CT molecular complexity index is 577. The van der Waals surface area contributed by atoms with Crippen LogP contribution < -0.4 is 5.32 Å².